The Morgan fingerprint density at radius 2 is 1.44 bits per heavy atom. The fourth-order valence-electron chi connectivity index (χ4n) is 3.68. The molecule has 1 heterocycles. The third-order valence-electron chi connectivity index (χ3n) is 5.37. The highest BCUT2D eigenvalue weighted by atomic mass is 16.2. The van der Waals surface area contributed by atoms with Gasteiger partial charge in [0, 0.05) is 11.1 Å². The SMILES string of the molecule is O=C(N/N=C/c1ccc(-n2c(-c3ccccc3)nc3ccccc3c2=O)cc1)c1ccccc1. The molecule has 6 heteroatoms. The molecule has 0 bridgehead atoms. The molecule has 4 aromatic carbocycles. The highest BCUT2D eigenvalue weighted by Crippen LogP contribution is 2.22. The van der Waals surface area contributed by atoms with Gasteiger partial charge in [-0.25, -0.2) is 10.4 Å². The van der Waals surface area contributed by atoms with E-state index < -0.39 is 0 Å². The van der Waals surface area contributed by atoms with E-state index in [0.29, 0.717) is 28.0 Å². The molecule has 0 aliphatic heterocycles. The Bertz CT molecular complexity index is 1540. The summed E-state index contributed by atoms with van der Waals surface area (Å²) in [6.07, 6.45) is 1.56. The Morgan fingerprint density at radius 1 is 0.794 bits per heavy atom. The molecule has 1 aromatic heterocycles. The van der Waals surface area contributed by atoms with Crippen LogP contribution in [0.15, 0.2) is 119 Å². The summed E-state index contributed by atoms with van der Waals surface area (Å²) in [6, 6.07) is 33.2. The van der Waals surface area contributed by atoms with Crippen molar-refractivity contribution in [1.82, 2.24) is 15.0 Å². The van der Waals surface area contributed by atoms with E-state index in [1.807, 2.05) is 78.9 Å². The molecular formula is C28H20N4O2. The number of para-hydroxylation sites is 1. The fourth-order valence-corrected chi connectivity index (χ4v) is 3.68. The number of nitrogens with zero attached hydrogens (tertiary/aromatic N) is 3. The monoisotopic (exact) mass is 444 g/mol. The molecule has 1 N–H and O–H groups in total. The molecule has 0 aliphatic carbocycles. The van der Waals surface area contributed by atoms with Gasteiger partial charge in [0.15, 0.2) is 0 Å². The minimum atomic E-state index is -0.283. The molecule has 0 spiro atoms. The van der Waals surface area contributed by atoms with Gasteiger partial charge in [0.2, 0.25) is 0 Å². The van der Waals surface area contributed by atoms with Crippen LogP contribution in [-0.2, 0) is 0 Å². The molecule has 0 saturated carbocycles. The molecule has 0 saturated heterocycles. The highest BCUT2D eigenvalue weighted by molar-refractivity contribution is 5.94. The van der Waals surface area contributed by atoms with Crippen molar-refractivity contribution in [2.75, 3.05) is 0 Å². The van der Waals surface area contributed by atoms with Gasteiger partial charge in [0.05, 0.1) is 22.8 Å². The van der Waals surface area contributed by atoms with E-state index in [2.05, 4.69) is 10.5 Å². The quantitative estimate of drug-likeness (QED) is 0.312. The average molecular weight is 444 g/mol. The molecule has 0 radical (unpaired) electrons. The van der Waals surface area contributed by atoms with Crippen LogP contribution in [0, 0.1) is 0 Å². The van der Waals surface area contributed by atoms with E-state index in [1.54, 1.807) is 41.1 Å². The molecule has 0 aliphatic rings. The first kappa shape index (κ1) is 21.0. The van der Waals surface area contributed by atoms with Gasteiger partial charge in [-0.15, -0.1) is 0 Å². The van der Waals surface area contributed by atoms with Gasteiger partial charge in [-0.05, 0) is 42.0 Å². The van der Waals surface area contributed by atoms with E-state index in [1.165, 1.54) is 0 Å². The van der Waals surface area contributed by atoms with E-state index in [9.17, 15) is 9.59 Å². The van der Waals surface area contributed by atoms with E-state index in [0.717, 1.165) is 11.1 Å². The number of hydrogen-bond acceptors (Lipinski definition) is 4. The second-order valence-electron chi connectivity index (χ2n) is 7.62. The Kier molecular flexibility index (Phi) is 5.78. The normalized spacial score (nSPS) is 11.1. The maximum atomic E-state index is 13.4. The van der Waals surface area contributed by atoms with Crippen LogP contribution in [0.5, 0.6) is 0 Å². The van der Waals surface area contributed by atoms with E-state index in [-0.39, 0.29) is 11.5 Å². The first-order valence-corrected chi connectivity index (χ1v) is 10.8. The van der Waals surface area contributed by atoms with E-state index in [4.69, 9.17) is 4.98 Å². The predicted molar refractivity (Wildman–Crippen MR) is 134 cm³/mol. The van der Waals surface area contributed by atoms with Crippen LogP contribution in [0.1, 0.15) is 15.9 Å². The zero-order valence-electron chi connectivity index (χ0n) is 18.1. The first-order valence-electron chi connectivity index (χ1n) is 10.8. The summed E-state index contributed by atoms with van der Waals surface area (Å²) >= 11 is 0. The van der Waals surface area contributed by atoms with Crippen molar-refractivity contribution in [2.45, 2.75) is 0 Å². The zero-order valence-corrected chi connectivity index (χ0v) is 18.1. The van der Waals surface area contributed by atoms with Crippen molar-refractivity contribution >= 4 is 23.0 Å². The Hall–Kier alpha value is -4.84. The molecule has 164 valence electrons. The lowest BCUT2D eigenvalue weighted by Crippen LogP contribution is -2.22. The number of hydrogen-bond donors (Lipinski definition) is 1. The van der Waals surface area contributed by atoms with Gasteiger partial charge in [0.1, 0.15) is 5.82 Å². The predicted octanol–water partition coefficient (Wildman–Crippen LogP) is 4.82. The van der Waals surface area contributed by atoms with Crippen molar-refractivity contribution in [3.05, 3.63) is 131 Å². The molecule has 0 atom stereocenters. The number of carbonyl (C=O) groups excluding carboxylic acids is 1. The van der Waals surface area contributed by atoms with Crippen molar-refractivity contribution in [3.8, 4) is 17.1 Å². The van der Waals surface area contributed by atoms with Crippen LogP contribution in [0.4, 0.5) is 0 Å². The number of carbonyl (C=O) groups is 1. The second kappa shape index (κ2) is 9.34. The third kappa shape index (κ3) is 4.25. The topological polar surface area (TPSA) is 76.3 Å². The molecule has 34 heavy (non-hydrogen) atoms. The van der Waals surface area contributed by atoms with Crippen molar-refractivity contribution < 1.29 is 4.79 Å². The summed E-state index contributed by atoms with van der Waals surface area (Å²) in [5.41, 5.74) is 5.88. The Balaban J connectivity index is 1.48. The minimum absolute atomic E-state index is 0.138. The zero-order chi connectivity index (χ0) is 23.3. The van der Waals surface area contributed by atoms with Gasteiger partial charge >= 0.3 is 0 Å². The van der Waals surface area contributed by atoms with Crippen molar-refractivity contribution in [2.24, 2.45) is 5.10 Å². The van der Waals surface area contributed by atoms with Gasteiger partial charge in [-0.1, -0.05) is 72.8 Å². The Labute approximate surface area is 195 Å². The minimum Gasteiger partial charge on any atom is -0.268 e. The molecule has 5 rings (SSSR count). The van der Waals surface area contributed by atoms with E-state index >= 15 is 0 Å². The number of benzene rings is 4. The van der Waals surface area contributed by atoms with Gasteiger partial charge in [-0.3, -0.25) is 14.2 Å². The molecule has 0 fully saturated rings. The number of aromatic nitrogens is 2. The van der Waals surface area contributed by atoms with Gasteiger partial charge in [0.25, 0.3) is 11.5 Å². The standard InChI is InChI=1S/C28H20N4O2/c33-27(22-11-5-2-6-12-22)31-29-19-20-15-17-23(18-16-20)32-26(21-9-3-1-4-10-21)30-25-14-8-7-13-24(25)28(32)34/h1-19H,(H,31,33)/b29-19+. The average Bonchev–Trinajstić information content (AvgIpc) is 2.90. The first-order chi connectivity index (χ1) is 16.7. The summed E-state index contributed by atoms with van der Waals surface area (Å²) in [4.78, 5) is 30.4. The van der Waals surface area contributed by atoms with Crippen LogP contribution < -0.4 is 11.0 Å². The summed E-state index contributed by atoms with van der Waals surface area (Å²) < 4.78 is 1.62. The van der Waals surface area contributed by atoms with Crippen molar-refractivity contribution in [3.63, 3.8) is 0 Å². The molecule has 5 aromatic rings. The van der Waals surface area contributed by atoms with Gasteiger partial charge in [-0.2, -0.15) is 5.10 Å². The molecule has 6 nitrogen and oxygen atoms in total. The Morgan fingerprint density at radius 3 is 2.18 bits per heavy atom. The van der Waals surface area contributed by atoms with Crippen LogP contribution in [0.25, 0.3) is 28.0 Å². The number of amides is 1. The maximum absolute atomic E-state index is 13.4. The highest BCUT2D eigenvalue weighted by Gasteiger charge is 2.14. The van der Waals surface area contributed by atoms with Crippen LogP contribution in [0.2, 0.25) is 0 Å². The summed E-state index contributed by atoms with van der Waals surface area (Å²) in [6.45, 7) is 0. The molecule has 0 unspecified atom stereocenters. The number of hydrazone groups is 1. The molecule has 1 amide bonds. The number of rotatable bonds is 5. The lowest BCUT2D eigenvalue weighted by molar-refractivity contribution is 0.0955. The smallest absolute Gasteiger partial charge is 0.268 e. The largest absolute Gasteiger partial charge is 0.271 e. The number of fused-ring (bicyclic) bond motifs is 1. The second-order valence-corrected chi connectivity index (χ2v) is 7.62. The van der Waals surface area contributed by atoms with Crippen LogP contribution in [-0.4, -0.2) is 21.7 Å². The van der Waals surface area contributed by atoms with Crippen LogP contribution in [0.3, 0.4) is 0 Å². The third-order valence-corrected chi connectivity index (χ3v) is 5.37. The van der Waals surface area contributed by atoms with Crippen molar-refractivity contribution in [1.29, 1.82) is 0 Å². The van der Waals surface area contributed by atoms with Crippen LogP contribution >= 0.6 is 0 Å². The summed E-state index contributed by atoms with van der Waals surface area (Å²) in [5, 5.41) is 4.59. The molecular weight excluding hydrogens is 424 g/mol. The maximum Gasteiger partial charge on any atom is 0.271 e. The fraction of sp³-hybridized carbons (Fsp3) is 0. The lowest BCUT2D eigenvalue weighted by atomic mass is 10.1. The summed E-state index contributed by atoms with van der Waals surface area (Å²) in [7, 11) is 0. The van der Waals surface area contributed by atoms with Gasteiger partial charge < -0.3 is 0 Å². The summed E-state index contributed by atoms with van der Waals surface area (Å²) in [5.74, 6) is 0.288. The lowest BCUT2D eigenvalue weighted by Gasteiger charge is -2.14. The number of nitrogens with one attached hydrogen (secondary N) is 1.